The van der Waals surface area contributed by atoms with Gasteiger partial charge in [-0.15, -0.1) is 12.4 Å². The van der Waals surface area contributed by atoms with Gasteiger partial charge in [0, 0.05) is 5.39 Å². The van der Waals surface area contributed by atoms with Crippen LogP contribution in [0.2, 0.25) is 5.15 Å². The fourth-order valence-corrected chi connectivity index (χ4v) is 1.50. The lowest BCUT2D eigenvalue weighted by atomic mass is 10.1. The number of hydrogen-bond acceptors (Lipinski definition) is 4. The van der Waals surface area contributed by atoms with E-state index < -0.39 is 0 Å². The van der Waals surface area contributed by atoms with Crippen molar-refractivity contribution in [3.8, 4) is 11.8 Å². The molecule has 0 radical (unpaired) electrons. The van der Waals surface area contributed by atoms with Crippen LogP contribution in [0.1, 0.15) is 5.56 Å². The highest BCUT2D eigenvalue weighted by molar-refractivity contribution is 6.34. The summed E-state index contributed by atoms with van der Waals surface area (Å²) in [6, 6.07) is 5.32. The first-order valence-electron chi connectivity index (χ1n) is 4.14. The fourth-order valence-electron chi connectivity index (χ4n) is 1.31. The fraction of sp³-hybridized carbons (Fsp3) is 0.100. The first kappa shape index (κ1) is 12.5. The molecule has 2 aromatic rings. The largest absolute Gasteiger partial charge is 0.495 e. The Morgan fingerprint density at radius 2 is 2.12 bits per heavy atom. The van der Waals surface area contributed by atoms with Crippen molar-refractivity contribution >= 4 is 34.9 Å². The topological polar surface area (TPSA) is 58.8 Å². The second-order valence-electron chi connectivity index (χ2n) is 2.85. The maximum absolute atomic E-state index is 8.87. The van der Waals surface area contributed by atoms with E-state index >= 15 is 0 Å². The van der Waals surface area contributed by atoms with Gasteiger partial charge in [-0.2, -0.15) is 5.26 Å². The molecule has 0 atom stereocenters. The first-order chi connectivity index (χ1) is 7.26. The van der Waals surface area contributed by atoms with Gasteiger partial charge in [-0.3, -0.25) is 0 Å². The Hall–Kier alpha value is -1.57. The lowest BCUT2D eigenvalue weighted by molar-refractivity contribution is 0.414. The smallest absolute Gasteiger partial charge is 0.140 e. The van der Waals surface area contributed by atoms with Crippen LogP contribution in [-0.2, 0) is 0 Å². The monoisotopic (exact) mass is 255 g/mol. The molecule has 6 heteroatoms. The number of nitrogens with zero attached hydrogens (tertiary/aromatic N) is 3. The Morgan fingerprint density at radius 1 is 1.38 bits per heavy atom. The Labute approximate surface area is 103 Å². The van der Waals surface area contributed by atoms with Gasteiger partial charge in [0.05, 0.1) is 18.2 Å². The molecule has 0 saturated carbocycles. The minimum absolute atomic E-state index is 0. The van der Waals surface area contributed by atoms with Crippen LogP contribution in [0.5, 0.6) is 5.75 Å². The molecule has 0 bridgehead atoms. The number of ether oxygens (including phenoxy) is 1. The summed E-state index contributed by atoms with van der Waals surface area (Å²) in [7, 11) is 1.50. The molecule has 0 aliphatic rings. The standard InChI is InChI=1S/C10H6ClN3O.ClH/c1-15-9-3-7-8(2-6(9)4-12)13-5-14-10(7)11;/h2-3,5H,1H3;1H. The van der Waals surface area contributed by atoms with Crippen molar-refractivity contribution in [2.24, 2.45) is 0 Å². The molecule has 1 aromatic carbocycles. The molecule has 82 valence electrons. The van der Waals surface area contributed by atoms with E-state index in [-0.39, 0.29) is 12.4 Å². The number of rotatable bonds is 1. The molecule has 0 spiro atoms. The van der Waals surface area contributed by atoms with E-state index in [9.17, 15) is 0 Å². The van der Waals surface area contributed by atoms with Gasteiger partial charge < -0.3 is 4.74 Å². The molecule has 2 rings (SSSR count). The summed E-state index contributed by atoms with van der Waals surface area (Å²) in [6.45, 7) is 0. The summed E-state index contributed by atoms with van der Waals surface area (Å²) in [4.78, 5) is 7.88. The maximum atomic E-state index is 8.87. The van der Waals surface area contributed by atoms with E-state index in [1.54, 1.807) is 12.1 Å². The lowest BCUT2D eigenvalue weighted by Crippen LogP contribution is -1.91. The Kier molecular flexibility index (Phi) is 3.88. The number of aromatic nitrogens is 2. The van der Waals surface area contributed by atoms with E-state index in [2.05, 4.69) is 9.97 Å². The van der Waals surface area contributed by atoms with Crippen molar-refractivity contribution in [1.82, 2.24) is 9.97 Å². The quantitative estimate of drug-likeness (QED) is 0.736. The summed E-state index contributed by atoms with van der Waals surface area (Å²) >= 11 is 5.89. The van der Waals surface area contributed by atoms with Crippen molar-refractivity contribution in [2.45, 2.75) is 0 Å². The van der Waals surface area contributed by atoms with Crippen molar-refractivity contribution < 1.29 is 4.74 Å². The number of nitriles is 1. The third-order valence-electron chi connectivity index (χ3n) is 2.03. The molecule has 0 unspecified atom stereocenters. The van der Waals surface area contributed by atoms with E-state index in [1.807, 2.05) is 6.07 Å². The number of fused-ring (bicyclic) bond motifs is 1. The minimum Gasteiger partial charge on any atom is -0.495 e. The molecule has 0 aliphatic heterocycles. The van der Waals surface area contributed by atoms with Gasteiger partial charge in [0.25, 0.3) is 0 Å². The second-order valence-corrected chi connectivity index (χ2v) is 3.20. The Balaban J connectivity index is 0.00000128. The average Bonchev–Trinajstić information content (AvgIpc) is 2.28. The van der Waals surface area contributed by atoms with Crippen LogP contribution in [0, 0.1) is 11.3 Å². The van der Waals surface area contributed by atoms with Crippen LogP contribution >= 0.6 is 24.0 Å². The molecule has 0 N–H and O–H groups in total. The predicted octanol–water partition coefficient (Wildman–Crippen LogP) is 2.59. The third kappa shape index (κ3) is 2.01. The normalized spacial score (nSPS) is 9.31. The van der Waals surface area contributed by atoms with E-state index in [0.29, 0.717) is 27.4 Å². The van der Waals surface area contributed by atoms with Crippen molar-refractivity contribution in [2.75, 3.05) is 7.11 Å². The summed E-state index contributed by atoms with van der Waals surface area (Å²) in [5.74, 6) is 0.474. The minimum atomic E-state index is 0. The van der Waals surface area contributed by atoms with Gasteiger partial charge in [-0.1, -0.05) is 11.6 Å². The number of hydrogen-bond donors (Lipinski definition) is 0. The summed E-state index contributed by atoms with van der Waals surface area (Å²) in [5.41, 5.74) is 1.06. The van der Waals surface area contributed by atoms with Crippen LogP contribution in [0.25, 0.3) is 10.9 Å². The van der Waals surface area contributed by atoms with E-state index in [4.69, 9.17) is 21.6 Å². The zero-order valence-electron chi connectivity index (χ0n) is 8.27. The summed E-state index contributed by atoms with van der Waals surface area (Å²) in [6.07, 6.45) is 1.36. The zero-order valence-corrected chi connectivity index (χ0v) is 9.84. The van der Waals surface area contributed by atoms with Gasteiger partial charge in [-0.25, -0.2) is 9.97 Å². The van der Waals surface area contributed by atoms with Crippen LogP contribution in [0.3, 0.4) is 0 Å². The van der Waals surface area contributed by atoms with Gasteiger partial charge in [0.1, 0.15) is 23.3 Å². The van der Waals surface area contributed by atoms with Crippen LogP contribution in [-0.4, -0.2) is 17.1 Å². The van der Waals surface area contributed by atoms with E-state index in [1.165, 1.54) is 13.4 Å². The molecule has 0 aliphatic carbocycles. The Bertz CT molecular complexity index is 566. The number of methoxy groups -OCH3 is 1. The highest BCUT2D eigenvalue weighted by atomic mass is 35.5. The molecule has 4 nitrogen and oxygen atoms in total. The van der Waals surface area contributed by atoms with Crippen molar-refractivity contribution in [3.05, 3.63) is 29.2 Å². The van der Waals surface area contributed by atoms with Gasteiger partial charge in [0.15, 0.2) is 0 Å². The number of halogens is 2. The zero-order chi connectivity index (χ0) is 10.8. The van der Waals surface area contributed by atoms with E-state index in [0.717, 1.165) is 0 Å². The molecule has 1 aromatic heterocycles. The summed E-state index contributed by atoms with van der Waals surface area (Å²) in [5, 5.41) is 9.90. The highest BCUT2D eigenvalue weighted by Gasteiger charge is 2.08. The molecule has 0 amide bonds. The van der Waals surface area contributed by atoms with Crippen LogP contribution in [0.4, 0.5) is 0 Å². The predicted molar refractivity (Wildman–Crippen MR) is 63.1 cm³/mol. The molecular formula is C10H7Cl2N3O. The van der Waals surface area contributed by atoms with Crippen LogP contribution in [0.15, 0.2) is 18.5 Å². The molecule has 1 heterocycles. The summed E-state index contributed by atoms with van der Waals surface area (Å²) < 4.78 is 5.06. The second kappa shape index (κ2) is 4.97. The van der Waals surface area contributed by atoms with Gasteiger partial charge in [-0.05, 0) is 12.1 Å². The first-order valence-corrected chi connectivity index (χ1v) is 4.52. The molecule has 0 fully saturated rings. The number of benzene rings is 1. The van der Waals surface area contributed by atoms with Crippen LogP contribution < -0.4 is 4.74 Å². The van der Waals surface area contributed by atoms with Gasteiger partial charge >= 0.3 is 0 Å². The third-order valence-corrected chi connectivity index (χ3v) is 2.33. The molecular weight excluding hydrogens is 249 g/mol. The van der Waals surface area contributed by atoms with Crippen molar-refractivity contribution in [3.63, 3.8) is 0 Å². The molecule has 0 saturated heterocycles. The maximum Gasteiger partial charge on any atom is 0.140 e. The highest BCUT2D eigenvalue weighted by Crippen LogP contribution is 2.27. The Morgan fingerprint density at radius 3 is 2.75 bits per heavy atom. The average molecular weight is 256 g/mol. The SMILES string of the molecule is COc1cc2c(Cl)ncnc2cc1C#N.Cl. The van der Waals surface area contributed by atoms with Crippen molar-refractivity contribution in [1.29, 1.82) is 5.26 Å². The molecule has 16 heavy (non-hydrogen) atoms. The van der Waals surface area contributed by atoms with Gasteiger partial charge in [0.2, 0.25) is 0 Å². The lowest BCUT2D eigenvalue weighted by Gasteiger charge is -2.04.